The summed E-state index contributed by atoms with van der Waals surface area (Å²) in [6.45, 7) is 0. The Hall–Kier alpha value is -0.160. The molecule has 1 unspecified atom stereocenters. The van der Waals surface area contributed by atoms with E-state index in [4.69, 9.17) is 3.07 Å². The van der Waals surface area contributed by atoms with Crippen molar-refractivity contribution in [2.75, 3.05) is 0 Å². The van der Waals surface area contributed by atoms with Crippen molar-refractivity contribution in [3.8, 4) is 0 Å². The molecule has 1 aliphatic carbocycles. The van der Waals surface area contributed by atoms with Crippen molar-refractivity contribution in [1.82, 2.24) is 0 Å². The average Bonchev–Trinajstić information content (AvgIpc) is 2.16. The molecule has 1 nitrogen and oxygen atoms in total. The minimum atomic E-state index is -0.146. The molecular weight excluding hydrogens is 282 g/mol. The zero-order valence-corrected chi connectivity index (χ0v) is 9.25. The third-order valence-corrected chi connectivity index (χ3v) is 3.09. The van der Waals surface area contributed by atoms with Gasteiger partial charge in [0, 0.05) is 0 Å². The second kappa shape index (κ2) is 3.92. The van der Waals surface area contributed by atoms with Crippen LogP contribution in [0.5, 0.6) is 0 Å². The number of benzene rings is 1. The first kappa shape index (κ1) is 9.40. The highest BCUT2D eigenvalue weighted by molar-refractivity contribution is 14.1. The monoisotopic (exact) mass is 292 g/mol. The van der Waals surface area contributed by atoms with Gasteiger partial charge in [-0.25, -0.2) is 4.39 Å². The second-order valence-corrected chi connectivity index (χ2v) is 3.82. The fraction of sp³-hybridized carbons (Fsp3) is 0.400. The zero-order chi connectivity index (χ0) is 9.26. The van der Waals surface area contributed by atoms with Gasteiger partial charge in [-0.3, -0.25) is 0 Å². The fourth-order valence-corrected chi connectivity index (χ4v) is 2.36. The molecular formula is C10H10FIO. The molecule has 1 aromatic rings. The first-order chi connectivity index (χ1) is 6.31. The number of hydrogen-bond acceptors (Lipinski definition) is 1. The SMILES string of the molecule is Fc1ccc2c(c1)CCCC2OI. The molecule has 0 N–H and O–H groups in total. The Bertz CT molecular complexity index is 314. The highest BCUT2D eigenvalue weighted by Gasteiger charge is 2.20. The van der Waals surface area contributed by atoms with Crippen LogP contribution in [0.3, 0.4) is 0 Å². The van der Waals surface area contributed by atoms with Crippen LogP contribution in [-0.4, -0.2) is 0 Å². The third-order valence-electron chi connectivity index (χ3n) is 2.47. The summed E-state index contributed by atoms with van der Waals surface area (Å²) >= 11 is 1.92. The van der Waals surface area contributed by atoms with E-state index in [9.17, 15) is 4.39 Å². The van der Waals surface area contributed by atoms with Crippen LogP contribution in [0.15, 0.2) is 18.2 Å². The summed E-state index contributed by atoms with van der Waals surface area (Å²) < 4.78 is 18.2. The maximum atomic E-state index is 12.9. The number of halogens is 2. The normalized spacial score (nSPS) is 21.2. The Morgan fingerprint density at radius 1 is 1.46 bits per heavy atom. The smallest absolute Gasteiger partial charge is 0.123 e. The van der Waals surface area contributed by atoms with Gasteiger partial charge in [0.05, 0.1) is 6.10 Å². The van der Waals surface area contributed by atoms with Crippen molar-refractivity contribution in [2.45, 2.75) is 25.4 Å². The topological polar surface area (TPSA) is 9.23 Å². The molecule has 0 radical (unpaired) electrons. The molecule has 0 heterocycles. The summed E-state index contributed by atoms with van der Waals surface area (Å²) in [5.74, 6) is -0.146. The molecule has 0 saturated heterocycles. The van der Waals surface area contributed by atoms with Gasteiger partial charge in [0.15, 0.2) is 0 Å². The summed E-state index contributed by atoms with van der Waals surface area (Å²) in [4.78, 5) is 0. The quantitative estimate of drug-likeness (QED) is 0.719. The van der Waals surface area contributed by atoms with Gasteiger partial charge in [-0.1, -0.05) is 6.07 Å². The van der Waals surface area contributed by atoms with E-state index in [1.807, 2.05) is 29.1 Å². The van der Waals surface area contributed by atoms with Crippen LogP contribution in [0.4, 0.5) is 4.39 Å². The predicted molar refractivity (Wildman–Crippen MR) is 57.2 cm³/mol. The molecule has 1 atom stereocenters. The largest absolute Gasteiger partial charge is 0.308 e. The van der Waals surface area contributed by atoms with E-state index in [-0.39, 0.29) is 11.9 Å². The lowest BCUT2D eigenvalue weighted by Gasteiger charge is -2.22. The number of aryl methyl sites for hydroxylation is 1. The average molecular weight is 292 g/mol. The number of hydrogen-bond donors (Lipinski definition) is 0. The molecule has 13 heavy (non-hydrogen) atoms. The van der Waals surface area contributed by atoms with Crippen LogP contribution in [0, 0.1) is 5.82 Å². The van der Waals surface area contributed by atoms with Gasteiger partial charge < -0.3 is 3.07 Å². The van der Waals surface area contributed by atoms with Gasteiger partial charge in [-0.15, -0.1) is 0 Å². The molecule has 0 saturated carbocycles. The lowest BCUT2D eigenvalue weighted by Crippen LogP contribution is -2.09. The van der Waals surface area contributed by atoms with Gasteiger partial charge >= 0.3 is 0 Å². The summed E-state index contributed by atoms with van der Waals surface area (Å²) in [6, 6.07) is 4.97. The molecule has 1 aromatic carbocycles. The van der Waals surface area contributed by atoms with Crippen molar-refractivity contribution in [2.24, 2.45) is 0 Å². The first-order valence-electron chi connectivity index (χ1n) is 4.37. The van der Waals surface area contributed by atoms with Gasteiger partial charge in [0.2, 0.25) is 0 Å². The van der Waals surface area contributed by atoms with Crippen LogP contribution in [0.2, 0.25) is 0 Å². The molecule has 3 heteroatoms. The Morgan fingerprint density at radius 2 is 2.31 bits per heavy atom. The summed E-state index contributed by atoms with van der Waals surface area (Å²) in [5, 5.41) is 0. The molecule has 70 valence electrons. The van der Waals surface area contributed by atoms with Gasteiger partial charge in [-0.2, -0.15) is 0 Å². The Morgan fingerprint density at radius 3 is 3.08 bits per heavy atom. The molecule has 0 bridgehead atoms. The fourth-order valence-electron chi connectivity index (χ4n) is 1.83. The molecule has 0 fully saturated rings. The maximum Gasteiger partial charge on any atom is 0.123 e. The van der Waals surface area contributed by atoms with Gasteiger partial charge in [-0.05, 0) is 42.5 Å². The van der Waals surface area contributed by atoms with Crippen LogP contribution in [0.25, 0.3) is 0 Å². The highest BCUT2D eigenvalue weighted by Crippen LogP contribution is 2.33. The van der Waals surface area contributed by atoms with Crippen molar-refractivity contribution in [1.29, 1.82) is 0 Å². The van der Waals surface area contributed by atoms with E-state index < -0.39 is 0 Å². The molecule has 0 amide bonds. The lowest BCUT2D eigenvalue weighted by atomic mass is 9.89. The van der Waals surface area contributed by atoms with Crippen LogP contribution < -0.4 is 0 Å². The van der Waals surface area contributed by atoms with Crippen LogP contribution in [0.1, 0.15) is 30.1 Å². The van der Waals surface area contributed by atoms with E-state index in [2.05, 4.69) is 0 Å². The van der Waals surface area contributed by atoms with Gasteiger partial charge in [0.1, 0.15) is 28.8 Å². The van der Waals surface area contributed by atoms with E-state index >= 15 is 0 Å². The summed E-state index contributed by atoms with van der Waals surface area (Å²) in [6.07, 6.45) is 3.26. The minimum Gasteiger partial charge on any atom is -0.308 e. The number of fused-ring (bicyclic) bond motifs is 1. The Labute approximate surface area is 91.0 Å². The summed E-state index contributed by atoms with van der Waals surface area (Å²) in [7, 11) is 0. The lowest BCUT2D eigenvalue weighted by molar-refractivity contribution is 0.257. The van der Waals surface area contributed by atoms with Crippen LogP contribution in [-0.2, 0) is 9.49 Å². The van der Waals surface area contributed by atoms with Crippen LogP contribution >= 0.6 is 23.0 Å². The summed E-state index contributed by atoms with van der Waals surface area (Å²) in [5.41, 5.74) is 2.26. The number of rotatable bonds is 1. The minimum absolute atomic E-state index is 0.146. The predicted octanol–water partition coefficient (Wildman–Crippen LogP) is 3.57. The van der Waals surface area contributed by atoms with E-state index in [1.165, 1.54) is 6.07 Å². The standard InChI is InChI=1S/C10H10FIO/c11-8-4-5-9-7(6-8)2-1-3-10(9)13-12/h4-6,10H,1-3H2. The van der Waals surface area contributed by atoms with Crippen molar-refractivity contribution in [3.05, 3.63) is 35.1 Å². The molecule has 0 spiro atoms. The second-order valence-electron chi connectivity index (χ2n) is 3.31. The van der Waals surface area contributed by atoms with Crippen molar-refractivity contribution < 1.29 is 7.46 Å². The van der Waals surface area contributed by atoms with E-state index in [1.54, 1.807) is 6.07 Å². The van der Waals surface area contributed by atoms with Crippen molar-refractivity contribution >= 4 is 23.0 Å². The third kappa shape index (κ3) is 1.86. The van der Waals surface area contributed by atoms with Crippen molar-refractivity contribution in [3.63, 3.8) is 0 Å². The zero-order valence-electron chi connectivity index (χ0n) is 7.09. The van der Waals surface area contributed by atoms with E-state index in [0.29, 0.717) is 0 Å². The van der Waals surface area contributed by atoms with E-state index in [0.717, 1.165) is 30.4 Å². The molecule has 0 aliphatic heterocycles. The highest BCUT2D eigenvalue weighted by atomic mass is 127. The molecule has 0 aromatic heterocycles. The first-order valence-corrected chi connectivity index (χ1v) is 5.25. The van der Waals surface area contributed by atoms with Gasteiger partial charge in [0.25, 0.3) is 0 Å². The Kier molecular flexibility index (Phi) is 2.83. The Balaban J connectivity index is 2.40. The molecule has 2 rings (SSSR count). The maximum absolute atomic E-state index is 12.9. The molecule has 1 aliphatic rings.